The lowest BCUT2D eigenvalue weighted by Gasteiger charge is -2.16. The summed E-state index contributed by atoms with van der Waals surface area (Å²) in [5, 5.41) is 26.7. The number of nitrogens with zero attached hydrogens (tertiary/aromatic N) is 5. The molecule has 0 aromatic carbocycles. The van der Waals surface area contributed by atoms with Crippen LogP contribution in [-0.4, -0.2) is 72.2 Å². The van der Waals surface area contributed by atoms with Gasteiger partial charge in [-0.3, -0.25) is 18.3 Å². The maximum Gasteiger partial charge on any atom is 0.332 e. The van der Waals surface area contributed by atoms with Crippen molar-refractivity contribution in [3.05, 3.63) is 44.5 Å². The molecule has 0 amide bonds. The lowest BCUT2D eigenvalue weighted by molar-refractivity contribution is 0.116. The molecule has 166 valence electrons. The highest BCUT2D eigenvalue weighted by Crippen LogP contribution is 2.40. The summed E-state index contributed by atoms with van der Waals surface area (Å²) < 4.78 is 21.4. The molecule has 10 nitrogen and oxygen atoms in total. The monoisotopic (exact) mass is 442 g/mol. The van der Waals surface area contributed by atoms with Gasteiger partial charge in [0.25, 0.3) is 5.56 Å². The molecule has 2 aromatic heterocycles. The third kappa shape index (κ3) is 5.17. The number of hydrogen-bond acceptors (Lipinski definition) is 8. The van der Waals surface area contributed by atoms with Crippen LogP contribution in [0.5, 0.6) is 0 Å². The maximum absolute atomic E-state index is 13.0. The van der Waals surface area contributed by atoms with E-state index in [2.05, 4.69) is 10.3 Å². The molecule has 0 saturated carbocycles. The summed E-state index contributed by atoms with van der Waals surface area (Å²) in [6, 6.07) is 0. The van der Waals surface area contributed by atoms with Gasteiger partial charge in [-0.1, -0.05) is 5.21 Å². The molecular weight excluding hydrogens is 416 g/mol. The van der Waals surface area contributed by atoms with Gasteiger partial charge in [-0.05, 0) is 13.3 Å². The van der Waals surface area contributed by atoms with Gasteiger partial charge in [-0.25, -0.2) is 9.48 Å². The molecule has 3 heterocycles. The zero-order valence-corrected chi connectivity index (χ0v) is 17.5. The Hall–Kier alpha value is -2.02. The Bertz CT molecular complexity index is 961. The molecule has 2 unspecified atom stereocenters. The zero-order valence-electron chi connectivity index (χ0n) is 16.7. The topological polar surface area (TPSA) is 124 Å². The van der Waals surface area contributed by atoms with Gasteiger partial charge in [0.1, 0.15) is 5.69 Å². The van der Waals surface area contributed by atoms with Crippen molar-refractivity contribution < 1.29 is 19.3 Å². The first-order valence-corrected chi connectivity index (χ1v) is 10.7. The number of rotatable bonds is 10. The standard InChI is InChI=1S/C18H26FN5O5S/c1-12-8-23(16-7-14(26)15(11-25)30-16)18(28)24(17(12)27)10-13-9-22(21-20-13)4-6-29-5-2-3-19/h8-9,14-16,25-26H,2-7,10-11H2,1H3/t14?,15-,16?/m1/s1/i19-1. The van der Waals surface area contributed by atoms with Gasteiger partial charge in [0.15, 0.2) is 0 Å². The number of aryl methyl sites for hydroxylation is 1. The fraction of sp³-hybridized carbons (Fsp3) is 0.667. The first-order valence-electron chi connectivity index (χ1n) is 9.74. The summed E-state index contributed by atoms with van der Waals surface area (Å²) in [5.41, 5.74) is -0.0751. The van der Waals surface area contributed by atoms with Crippen molar-refractivity contribution >= 4 is 11.8 Å². The van der Waals surface area contributed by atoms with Crippen molar-refractivity contribution in [2.45, 2.75) is 49.6 Å². The Kier molecular flexibility index (Phi) is 7.81. The van der Waals surface area contributed by atoms with Gasteiger partial charge in [-0.15, -0.1) is 16.9 Å². The normalized spacial score (nSPS) is 21.4. The van der Waals surface area contributed by atoms with Gasteiger partial charge in [0, 0.05) is 24.8 Å². The molecule has 1 fully saturated rings. The SMILES string of the molecule is Cc1cn(C2CC(O)[C@@H](CO)S2)c(=O)n(Cc2cn(CCOCCC[18F])nn2)c1=O. The van der Waals surface area contributed by atoms with E-state index in [0.29, 0.717) is 43.9 Å². The number of alkyl halides is 1. The highest BCUT2D eigenvalue weighted by Gasteiger charge is 2.35. The average molecular weight is 443 g/mol. The van der Waals surface area contributed by atoms with E-state index in [-0.39, 0.29) is 23.8 Å². The van der Waals surface area contributed by atoms with E-state index < -0.39 is 24.0 Å². The zero-order chi connectivity index (χ0) is 21.7. The first kappa shape index (κ1) is 22.7. The molecule has 0 aliphatic carbocycles. The van der Waals surface area contributed by atoms with Crippen LogP contribution in [0.25, 0.3) is 0 Å². The summed E-state index contributed by atoms with van der Waals surface area (Å²) in [4.78, 5) is 25.6. The van der Waals surface area contributed by atoms with Gasteiger partial charge in [-0.2, -0.15) is 0 Å². The Labute approximate surface area is 176 Å². The van der Waals surface area contributed by atoms with E-state index in [0.717, 1.165) is 4.57 Å². The minimum Gasteiger partial charge on any atom is -0.395 e. The molecule has 2 aromatic rings. The van der Waals surface area contributed by atoms with Crippen LogP contribution >= 0.6 is 11.8 Å². The van der Waals surface area contributed by atoms with Crippen molar-refractivity contribution in [1.29, 1.82) is 0 Å². The minimum absolute atomic E-state index is 0.0363. The molecule has 0 radical (unpaired) electrons. The van der Waals surface area contributed by atoms with Crippen LogP contribution in [0.15, 0.2) is 22.0 Å². The van der Waals surface area contributed by atoms with Crippen LogP contribution in [0.4, 0.5) is 4.39 Å². The molecule has 2 N–H and O–H groups in total. The highest BCUT2D eigenvalue weighted by molar-refractivity contribution is 8.00. The van der Waals surface area contributed by atoms with Crippen LogP contribution in [-0.2, 0) is 17.8 Å². The predicted octanol–water partition coefficient (Wildman–Crippen LogP) is -0.308. The van der Waals surface area contributed by atoms with E-state index >= 15 is 0 Å². The van der Waals surface area contributed by atoms with Crippen molar-refractivity contribution in [3.63, 3.8) is 0 Å². The van der Waals surface area contributed by atoms with Crippen molar-refractivity contribution in [2.24, 2.45) is 0 Å². The third-order valence-electron chi connectivity index (χ3n) is 4.85. The number of hydrogen-bond donors (Lipinski definition) is 2. The summed E-state index contributed by atoms with van der Waals surface area (Å²) in [7, 11) is 0. The van der Waals surface area contributed by atoms with Gasteiger partial charge >= 0.3 is 5.69 Å². The van der Waals surface area contributed by atoms with Crippen molar-refractivity contribution in [1.82, 2.24) is 24.1 Å². The second-order valence-corrected chi connectivity index (χ2v) is 8.56. The number of ether oxygens (including phenoxy) is 1. The minimum atomic E-state index is -0.718. The predicted molar refractivity (Wildman–Crippen MR) is 108 cm³/mol. The molecule has 1 aliphatic heterocycles. The maximum atomic E-state index is 13.0. The van der Waals surface area contributed by atoms with Crippen LogP contribution in [0.1, 0.15) is 29.5 Å². The third-order valence-corrected chi connectivity index (χ3v) is 6.40. The molecule has 0 bridgehead atoms. The number of thioether (sulfide) groups is 1. The Morgan fingerprint density at radius 3 is 2.83 bits per heavy atom. The average Bonchev–Trinajstić information content (AvgIpc) is 3.33. The number of aliphatic hydroxyl groups excluding tert-OH is 2. The quantitative estimate of drug-likeness (QED) is 0.480. The fourth-order valence-electron chi connectivity index (χ4n) is 3.25. The van der Waals surface area contributed by atoms with Crippen molar-refractivity contribution in [3.8, 4) is 0 Å². The Balaban J connectivity index is 1.75. The fourth-order valence-corrected chi connectivity index (χ4v) is 4.63. The van der Waals surface area contributed by atoms with Gasteiger partial charge < -0.3 is 14.9 Å². The summed E-state index contributed by atoms with van der Waals surface area (Å²) >= 11 is 1.31. The molecule has 12 heteroatoms. The van der Waals surface area contributed by atoms with E-state index in [4.69, 9.17) is 4.74 Å². The van der Waals surface area contributed by atoms with E-state index in [1.54, 1.807) is 17.8 Å². The van der Waals surface area contributed by atoms with Crippen LogP contribution in [0.3, 0.4) is 0 Å². The van der Waals surface area contributed by atoms with Crippen LogP contribution in [0, 0.1) is 6.92 Å². The van der Waals surface area contributed by atoms with E-state index in [1.165, 1.54) is 22.5 Å². The highest BCUT2D eigenvalue weighted by atomic mass is 32.2. The molecule has 30 heavy (non-hydrogen) atoms. The second kappa shape index (κ2) is 10.3. The largest absolute Gasteiger partial charge is 0.395 e. The lowest BCUT2D eigenvalue weighted by atomic mass is 10.2. The second-order valence-electron chi connectivity index (χ2n) is 7.14. The first-order chi connectivity index (χ1) is 14.4. The summed E-state index contributed by atoms with van der Waals surface area (Å²) in [5.74, 6) is 0. The molecule has 1 saturated heterocycles. The van der Waals surface area contributed by atoms with Gasteiger partial charge in [0.05, 0.1) is 55.9 Å². The molecule has 0 spiro atoms. The molecule has 1 aliphatic rings. The number of aliphatic hydroxyl groups is 2. The number of aromatic nitrogens is 5. The lowest BCUT2D eigenvalue weighted by Crippen LogP contribution is -2.41. The van der Waals surface area contributed by atoms with E-state index in [1.807, 2.05) is 0 Å². The Morgan fingerprint density at radius 2 is 2.13 bits per heavy atom. The van der Waals surface area contributed by atoms with Crippen LogP contribution < -0.4 is 11.2 Å². The molecule has 3 atom stereocenters. The van der Waals surface area contributed by atoms with Crippen molar-refractivity contribution in [2.75, 3.05) is 26.5 Å². The number of halogens is 1. The van der Waals surface area contributed by atoms with Crippen LogP contribution in [0.2, 0.25) is 0 Å². The smallest absolute Gasteiger partial charge is 0.332 e. The van der Waals surface area contributed by atoms with E-state index in [9.17, 15) is 24.2 Å². The Morgan fingerprint density at radius 1 is 1.33 bits per heavy atom. The molecular formula is C18H26FN5O5S. The van der Waals surface area contributed by atoms with Gasteiger partial charge in [0.2, 0.25) is 0 Å². The summed E-state index contributed by atoms with van der Waals surface area (Å²) in [6.07, 6.45) is 3.07. The summed E-state index contributed by atoms with van der Waals surface area (Å²) in [6.45, 7) is 2.09. The molecule has 3 rings (SSSR count).